The number of aliphatic carboxylic acids is 1. The van der Waals surface area contributed by atoms with Gasteiger partial charge in [0.25, 0.3) is 0 Å². The molecule has 1 aromatic rings. The lowest BCUT2D eigenvalue weighted by Gasteiger charge is -2.08. The van der Waals surface area contributed by atoms with Crippen molar-refractivity contribution in [2.24, 2.45) is 0 Å². The molecule has 0 heterocycles. The summed E-state index contributed by atoms with van der Waals surface area (Å²) in [4.78, 5) is 21.5. The minimum Gasteiger partial charge on any atom is -0.479 e. The van der Waals surface area contributed by atoms with Crippen molar-refractivity contribution < 1.29 is 24.5 Å². The van der Waals surface area contributed by atoms with E-state index >= 15 is 0 Å². The zero-order chi connectivity index (χ0) is 13.4. The fourth-order valence-corrected chi connectivity index (χ4v) is 1.21. The summed E-state index contributed by atoms with van der Waals surface area (Å²) >= 11 is 0. The van der Waals surface area contributed by atoms with Gasteiger partial charge in [-0.3, -0.25) is 0 Å². The summed E-state index contributed by atoms with van der Waals surface area (Å²) in [7, 11) is 0. The number of benzene rings is 1. The second-order valence-corrected chi connectivity index (χ2v) is 3.63. The van der Waals surface area contributed by atoms with Crippen molar-refractivity contribution in [2.45, 2.75) is 19.1 Å². The number of rotatable bonds is 6. The molecule has 0 bridgehead atoms. The highest BCUT2D eigenvalue weighted by atomic mass is 16.5. The van der Waals surface area contributed by atoms with Crippen LogP contribution in [-0.2, 0) is 16.1 Å². The largest absolute Gasteiger partial charge is 0.479 e. The van der Waals surface area contributed by atoms with Gasteiger partial charge in [0.1, 0.15) is 6.61 Å². The lowest BCUT2D eigenvalue weighted by molar-refractivity contribution is -0.146. The van der Waals surface area contributed by atoms with E-state index in [4.69, 9.17) is 14.9 Å². The minimum absolute atomic E-state index is 0.0427. The molecule has 1 aromatic carbocycles. The van der Waals surface area contributed by atoms with Gasteiger partial charge in [-0.2, -0.15) is 0 Å². The Morgan fingerprint density at radius 3 is 2.56 bits per heavy atom. The number of aliphatic hydroxyl groups is 1. The van der Waals surface area contributed by atoms with Gasteiger partial charge in [-0.05, 0) is 5.56 Å². The summed E-state index contributed by atoms with van der Waals surface area (Å²) in [6.07, 6.45) is -2.17. The smallest absolute Gasteiger partial charge is 0.407 e. The first-order chi connectivity index (χ1) is 8.59. The number of carboxylic acid groups (broad SMARTS) is 1. The standard InChI is InChI=1S/C12H15NO5/c14-10(11(15)16)6-7-13-12(17)18-8-9-4-2-1-3-5-9/h1-5,10,14H,6-8H2,(H,13,17)(H,15,16)/t10-/m0/s1. The molecule has 3 N–H and O–H groups in total. The van der Waals surface area contributed by atoms with E-state index in [2.05, 4.69) is 5.32 Å². The molecular formula is C12H15NO5. The molecule has 0 fully saturated rings. The van der Waals surface area contributed by atoms with E-state index in [1.165, 1.54) is 0 Å². The van der Waals surface area contributed by atoms with E-state index in [1.54, 1.807) is 0 Å². The van der Waals surface area contributed by atoms with Gasteiger partial charge >= 0.3 is 12.1 Å². The molecule has 0 aliphatic carbocycles. The molecule has 0 spiro atoms. The summed E-state index contributed by atoms with van der Waals surface area (Å²) in [6.45, 7) is 0.190. The third-order valence-corrected chi connectivity index (χ3v) is 2.18. The Labute approximate surface area is 104 Å². The molecule has 1 amide bonds. The van der Waals surface area contributed by atoms with E-state index in [-0.39, 0.29) is 19.6 Å². The van der Waals surface area contributed by atoms with Crippen LogP contribution in [0.5, 0.6) is 0 Å². The van der Waals surface area contributed by atoms with Crippen molar-refractivity contribution in [1.29, 1.82) is 0 Å². The number of aliphatic hydroxyl groups excluding tert-OH is 1. The van der Waals surface area contributed by atoms with Gasteiger partial charge in [-0.15, -0.1) is 0 Å². The van der Waals surface area contributed by atoms with Gasteiger partial charge in [0.2, 0.25) is 0 Å². The second kappa shape index (κ2) is 7.29. The summed E-state index contributed by atoms with van der Waals surface area (Å²) in [5.74, 6) is -1.31. The molecule has 0 aromatic heterocycles. The number of carbonyl (C=O) groups is 2. The van der Waals surface area contributed by atoms with Crippen LogP contribution in [0.15, 0.2) is 30.3 Å². The van der Waals surface area contributed by atoms with E-state index in [0.717, 1.165) is 5.56 Å². The molecule has 6 nitrogen and oxygen atoms in total. The van der Waals surface area contributed by atoms with Gasteiger partial charge in [0.15, 0.2) is 6.10 Å². The Balaban J connectivity index is 2.17. The molecule has 0 aliphatic heterocycles. The lowest BCUT2D eigenvalue weighted by Crippen LogP contribution is -2.30. The highest BCUT2D eigenvalue weighted by molar-refractivity contribution is 5.72. The molecule has 0 aliphatic rings. The second-order valence-electron chi connectivity index (χ2n) is 3.63. The van der Waals surface area contributed by atoms with Gasteiger partial charge < -0.3 is 20.3 Å². The van der Waals surface area contributed by atoms with Crippen LogP contribution in [-0.4, -0.2) is 34.9 Å². The van der Waals surface area contributed by atoms with Crippen molar-refractivity contribution >= 4 is 12.1 Å². The van der Waals surface area contributed by atoms with Crippen LogP contribution >= 0.6 is 0 Å². The van der Waals surface area contributed by atoms with E-state index in [9.17, 15) is 9.59 Å². The predicted octanol–water partition coefficient (Wildman–Crippen LogP) is 0.748. The number of carbonyl (C=O) groups excluding carboxylic acids is 1. The summed E-state index contributed by atoms with van der Waals surface area (Å²) in [5, 5.41) is 19.7. The molecule has 18 heavy (non-hydrogen) atoms. The summed E-state index contributed by atoms with van der Waals surface area (Å²) in [5.41, 5.74) is 0.859. The fraction of sp³-hybridized carbons (Fsp3) is 0.333. The molecule has 98 valence electrons. The first-order valence-corrected chi connectivity index (χ1v) is 5.45. The number of amides is 1. The Bertz CT molecular complexity index is 393. The van der Waals surface area contributed by atoms with Crippen LogP contribution in [0.3, 0.4) is 0 Å². The monoisotopic (exact) mass is 253 g/mol. The van der Waals surface area contributed by atoms with E-state index in [1.807, 2.05) is 30.3 Å². The van der Waals surface area contributed by atoms with Crippen LogP contribution in [0.1, 0.15) is 12.0 Å². The molecule has 0 saturated carbocycles. The minimum atomic E-state index is -1.47. The Morgan fingerprint density at radius 1 is 1.28 bits per heavy atom. The number of nitrogens with one attached hydrogen (secondary N) is 1. The zero-order valence-corrected chi connectivity index (χ0v) is 9.70. The molecule has 1 atom stereocenters. The average Bonchev–Trinajstić information content (AvgIpc) is 2.37. The molecule has 0 saturated heterocycles. The maximum Gasteiger partial charge on any atom is 0.407 e. The first-order valence-electron chi connectivity index (χ1n) is 5.45. The maximum atomic E-state index is 11.2. The summed E-state index contributed by atoms with van der Waals surface area (Å²) in [6, 6.07) is 9.17. The predicted molar refractivity (Wildman–Crippen MR) is 62.9 cm³/mol. The van der Waals surface area contributed by atoms with E-state index < -0.39 is 18.2 Å². The zero-order valence-electron chi connectivity index (χ0n) is 9.70. The maximum absolute atomic E-state index is 11.2. The number of ether oxygens (including phenoxy) is 1. The highest BCUT2D eigenvalue weighted by Crippen LogP contribution is 2.00. The van der Waals surface area contributed by atoms with Crippen LogP contribution in [0.4, 0.5) is 4.79 Å². The van der Waals surface area contributed by atoms with Gasteiger partial charge in [-0.25, -0.2) is 9.59 Å². The SMILES string of the molecule is O=C(NCC[C@H](O)C(=O)O)OCc1ccccc1. The Kier molecular flexibility index (Phi) is 5.66. The van der Waals surface area contributed by atoms with Crippen molar-refractivity contribution in [3.63, 3.8) is 0 Å². The Hall–Kier alpha value is -2.08. The molecular weight excluding hydrogens is 238 g/mol. The van der Waals surface area contributed by atoms with Gasteiger partial charge in [-0.1, -0.05) is 30.3 Å². The van der Waals surface area contributed by atoms with Crippen LogP contribution in [0.2, 0.25) is 0 Å². The van der Waals surface area contributed by atoms with Gasteiger partial charge in [0.05, 0.1) is 0 Å². The van der Waals surface area contributed by atoms with Crippen molar-refractivity contribution in [1.82, 2.24) is 5.32 Å². The molecule has 0 radical (unpaired) electrons. The van der Waals surface area contributed by atoms with Crippen molar-refractivity contribution in [3.8, 4) is 0 Å². The first kappa shape index (κ1) is 14.0. The van der Waals surface area contributed by atoms with Crippen molar-refractivity contribution in [2.75, 3.05) is 6.54 Å². The number of hydrogen-bond acceptors (Lipinski definition) is 4. The van der Waals surface area contributed by atoms with Crippen molar-refractivity contribution in [3.05, 3.63) is 35.9 Å². The fourth-order valence-electron chi connectivity index (χ4n) is 1.21. The molecule has 1 rings (SSSR count). The van der Waals surface area contributed by atoms with Crippen LogP contribution < -0.4 is 5.32 Å². The quantitative estimate of drug-likeness (QED) is 0.695. The third-order valence-electron chi connectivity index (χ3n) is 2.18. The highest BCUT2D eigenvalue weighted by Gasteiger charge is 2.12. The Morgan fingerprint density at radius 2 is 1.94 bits per heavy atom. The topological polar surface area (TPSA) is 95.9 Å². The number of carboxylic acids is 1. The van der Waals surface area contributed by atoms with Gasteiger partial charge in [0, 0.05) is 13.0 Å². The van der Waals surface area contributed by atoms with Crippen LogP contribution in [0.25, 0.3) is 0 Å². The molecule has 0 unspecified atom stereocenters. The number of hydrogen-bond donors (Lipinski definition) is 3. The third kappa shape index (κ3) is 5.31. The average molecular weight is 253 g/mol. The molecule has 6 heteroatoms. The lowest BCUT2D eigenvalue weighted by atomic mass is 10.2. The van der Waals surface area contributed by atoms with Crippen LogP contribution in [0, 0.1) is 0 Å². The summed E-state index contributed by atoms with van der Waals surface area (Å²) < 4.78 is 4.89. The number of alkyl carbamates (subject to hydrolysis) is 1. The normalized spacial score (nSPS) is 11.6. The van der Waals surface area contributed by atoms with E-state index in [0.29, 0.717) is 0 Å².